The molecule has 2 fully saturated rings. The quantitative estimate of drug-likeness (QED) is 0.685. The number of hydrogen-bond acceptors (Lipinski definition) is 1. The minimum absolute atomic E-state index is 0.0260. The van der Waals surface area contributed by atoms with E-state index in [0.717, 1.165) is 32.1 Å². The predicted octanol–water partition coefficient (Wildman–Crippen LogP) is 4.44. The first-order valence-corrected chi connectivity index (χ1v) is 7.18. The molecule has 2 aliphatic rings. The third-order valence-electron chi connectivity index (χ3n) is 4.17. The first kappa shape index (κ1) is 13.7. The van der Waals surface area contributed by atoms with Gasteiger partial charge in [-0.2, -0.15) is 13.2 Å². The average Bonchev–Trinajstić information content (AvgIpc) is 2.49. The molecule has 2 aliphatic carbocycles. The number of ether oxygens (including phenoxy) is 1. The highest BCUT2D eigenvalue weighted by atomic mass is 79.9. The Morgan fingerprint density at radius 3 is 2.18 bits per heavy atom. The van der Waals surface area contributed by atoms with Gasteiger partial charge in [0.25, 0.3) is 0 Å². The van der Waals surface area contributed by atoms with Gasteiger partial charge in [0.05, 0.1) is 6.10 Å². The summed E-state index contributed by atoms with van der Waals surface area (Å²) in [6, 6.07) is 0. The lowest BCUT2D eigenvalue weighted by Crippen LogP contribution is -2.55. The first-order chi connectivity index (χ1) is 7.94. The van der Waals surface area contributed by atoms with Crippen molar-refractivity contribution >= 4 is 15.9 Å². The molecule has 0 heterocycles. The molecule has 0 bridgehead atoms. The zero-order chi connectivity index (χ0) is 12.5. The van der Waals surface area contributed by atoms with Crippen LogP contribution in [0.2, 0.25) is 0 Å². The normalized spacial score (nSPS) is 33.2. The molecule has 100 valence electrons. The van der Waals surface area contributed by atoms with Crippen LogP contribution >= 0.6 is 15.9 Å². The molecule has 5 heteroatoms. The number of rotatable bonds is 2. The molecule has 0 aliphatic heterocycles. The highest BCUT2D eigenvalue weighted by Gasteiger charge is 2.54. The molecule has 1 spiro atoms. The second kappa shape index (κ2) is 5.08. The molecule has 0 aromatic carbocycles. The van der Waals surface area contributed by atoms with E-state index in [-0.39, 0.29) is 11.5 Å². The summed E-state index contributed by atoms with van der Waals surface area (Å²) in [5, 5.41) is 0. The number of halogens is 4. The molecule has 2 rings (SSSR count). The molecular formula is C12H18BrF3O. The molecule has 2 saturated carbocycles. The molecular weight excluding hydrogens is 297 g/mol. The van der Waals surface area contributed by atoms with Gasteiger partial charge in [0.15, 0.2) is 0 Å². The second-order valence-electron chi connectivity index (χ2n) is 5.27. The molecule has 0 radical (unpaired) electrons. The molecule has 0 aromatic rings. The SMILES string of the molecule is FC(F)(F)COC1CC(Br)C12CCCCCC2. The van der Waals surface area contributed by atoms with Gasteiger partial charge in [-0.3, -0.25) is 0 Å². The highest BCUT2D eigenvalue weighted by molar-refractivity contribution is 9.09. The van der Waals surface area contributed by atoms with Gasteiger partial charge < -0.3 is 4.74 Å². The van der Waals surface area contributed by atoms with Gasteiger partial charge >= 0.3 is 6.18 Å². The molecule has 0 aromatic heterocycles. The van der Waals surface area contributed by atoms with Crippen molar-refractivity contribution in [1.29, 1.82) is 0 Å². The maximum atomic E-state index is 12.2. The second-order valence-corrected chi connectivity index (χ2v) is 6.37. The Morgan fingerprint density at radius 1 is 1.12 bits per heavy atom. The Labute approximate surface area is 108 Å². The van der Waals surface area contributed by atoms with Gasteiger partial charge in [-0.05, 0) is 19.3 Å². The van der Waals surface area contributed by atoms with Crippen LogP contribution in [0.1, 0.15) is 44.9 Å². The minimum atomic E-state index is -4.21. The van der Waals surface area contributed by atoms with E-state index in [1.165, 1.54) is 12.8 Å². The molecule has 17 heavy (non-hydrogen) atoms. The molecule has 2 unspecified atom stereocenters. The van der Waals surface area contributed by atoms with Gasteiger partial charge in [0.2, 0.25) is 0 Å². The van der Waals surface area contributed by atoms with E-state index in [2.05, 4.69) is 15.9 Å². The lowest BCUT2D eigenvalue weighted by Gasteiger charge is -2.53. The molecule has 1 nitrogen and oxygen atoms in total. The van der Waals surface area contributed by atoms with E-state index in [9.17, 15) is 13.2 Å². The largest absolute Gasteiger partial charge is 0.411 e. The Morgan fingerprint density at radius 2 is 1.71 bits per heavy atom. The van der Waals surface area contributed by atoms with Crippen LogP contribution in [0.5, 0.6) is 0 Å². The fourth-order valence-corrected chi connectivity index (χ4v) is 4.24. The van der Waals surface area contributed by atoms with E-state index in [1.807, 2.05) is 0 Å². The molecule has 2 atom stereocenters. The highest BCUT2D eigenvalue weighted by Crippen LogP contribution is 2.55. The van der Waals surface area contributed by atoms with E-state index >= 15 is 0 Å². The van der Waals surface area contributed by atoms with Gasteiger partial charge in [0, 0.05) is 10.2 Å². The number of alkyl halides is 4. The molecule has 0 amide bonds. The third-order valence-corrected chi connectivity index (χ3v) is 5.45. The van der Waals surface area contributed by atoms with Crippen LogP contribution in [0.4, 0.5) is 13.2 Å². The maximum absolute atomic E-state index is 12.2. The van der Waals surface area contributed by atoms with Crippen LogP contribution in [0, 0.1) is 5.41 Å². The van der Waals surface area contributed by atoms with Gasteiger partial charge in [0.1, 0.15) is 6.61 Å². The van der Waals surface area contributed by atoms with Gasteiger partial charge in [-0.25, -0.2) is 0 Å². The fourth-order valence-electron chi connectivity index (χ4n) is 3.15. The molecule has 0 N–H and O–H groups in total. The van der Waals surface area contributed by atoms with Crippen molar-refractivity contribution in [3.05, 3.63) is 0 Å². The van der Waals surface area contributed by atoms with E-state index in [1.54, 1.807) is 0 Å². The van der Waals surface area contributed by atoms with Gasteiger partial charge in [-0.1, -0.05) is 41.6 Å². The summed E-state index contributed by atoms with van der Waals surface area (Å²) in [4.78, 5) is 0.339. The summed E-state index contributed by atoms with van der Waals surface area (Å²) in [7, 11) is 0. The Bertz CT molecular complexity index is 259. The summed E-state index contributed by atoms with van der Waals surface area (Å²) in [5.41, 5.74) is -0.0260. The van der Waals surface area contributed by atoms with E-state index in [0.29, 0.717) is 4.83 Å². The van der Waals surface area contributed by atoms with Crippen molar-refractivity contribution in [1.82, 2.24) is 0 Å². The maximum Gasteiger partial charge on any atom is 0.411 e. The van der Waals surface area contributed by atoms with E-state index < -0.39 is 12.8 Å². The Hall–Kier alpha value is 0.230. The average molecular weight is 315 g/mol. The van der Waals surface area contributed by atoms with Crippen molar-refractivity contribution in [3.8, 4) is 0 Å². The van der Waals surface area contributed by atoms with Gasteiger partial charge in [-0.15, -0.1) is 0 Å². The van der Waals surface area contributed by atoms with Crippen molar-refractivity contribution in [2.75, 3.05) is 6.61 Å². The standard InChI is InChI=1S/C12H18BrF3O/c13-9-7-10(17-8-12(14,15)16)11(9)5-3-1-2-4-6-11/h9-10H,1-8H2. The van der Waals surface area contributed by atoms with Crippen molar-refractivity contribution in [3.63, 3.8) is 0 Å². The van der Waals surface area contributed by atoms with Crippen LogP contribution in [0.25, 0.3) is 0 Å². The summed E-state index contributed by atoms with van der Waals surface area (Å²) >= 11 is 3.61. The smallest absolute Gasteiger partial charge is 0.368 e. The topological polar surface area (TPSA) is 9.23 Å². The predicted molar refractivity (Wildman–Crippen MR) is 63.3 cm³/mol. The number of hydrogen-bond donors (Lipinski definition) is 0. The van der Waals surface area contributed by atoms with Crippen LogP contribution in [0.3, 0.4) is 0 Å². The van der Waals surface area contributed by atoms with Crippen molar-refractivity contribution < 1.29 is 17.9 Å². The van der Waals surface area contributed by atoms with Crippen LogP contribution in [0.15, 0.2) is 0 Å². The summed E-state index contributed by atoms with van der Waals surface area (Å²) in [5.74, 6) is 0. The van der Waals surface area contributed by atoms with Crippen LogP contribution < -0.4 is 0 Å². The summed E-state index contributed by atoms with van der Waals surface area (Å²) in [6.07, 6.45) is 2.96. The van der Waals surface area contributed by atoms with E-state index in [4.69, 9.17) is 4.74 Å². The van der Waals surface area contributed by atoms with Crippen LogP contribution in [-0.4, -0.2) is 23.7 Å². The Balaban J connectivity index is 1.94. The molecule has 0 saturated heterocycles. The first-order valence-electron chi connectivity index (χ1n) is 6.26. The lowest BCUT2D eigenvalue weighted by molar-refractivity contribution is -0.215. The summed E-state index contributed by atoms with van der Waals surface area (Å²) < 4.78 is 41.6. The monoisotopic (exact) mass is 314 g/mol. The fraction of sp³-hybridized carbons (Fsp3) is 1.00. The van der Waals surface area contributed by atoms with Crippen molar-refractivity contribution in [2.24, 2.45) is 5.41 Å². The van der Waals surface area contributed by atoms with Crippen LogP contribution in [-0.2, 0) is 4.74 Å². The lowest BCUT2D eigenvalue weighted by atomic mass is 9.61. The summed E-state index contributed by atoms with van der Waals surface area (Å²) in [6.45, 7) is -1.10. The zero-order valence-electron chi connectivity index (χ0n) is 9.73. The van der Waals surface area contributed by atoms with Crippen molar-refractivity contribution in [2.45, 2.75) is 62.1 Å². The zero-order valence-corrected chi connectivity index (χ0v) is 11.3. The Kier molecular flexibility index (Phi) is 4.08. The minimum Gasteiger partial charge on any atom is -0.368 e. The third kappa shape index (κ3) is 2.98.